The molecule has 0 saturated carbocycles. The molecule has 2 atom stereocenters. The molecule has 284 valence electrons. The summed E-state index contributed by atoms with van der Waals surface area (Å²) in [6.07, 6.45) is 29.5. The molecule has 0 aromatic heterocycles. The van der Waals surface area contributed by atoms with E-state index >= 15 is 0 Å². The van der Waals surface area contributed by atoms with Crippen LogP contribution in [0.2, 0.25) is 0 Å². The number of carbonyl (C=O) groups is 2. The molecular weight excluding hydrogens is 629 g/mol. The van der Waals surface area contributed by atoms with Gasteiger partial charge in [-0.05, 0) is 38.5 Å². The highest BCUT2D eigenvalue weighted by Crippen LogP contribution is 2.38. The molecule has 0 aliphatic heterocycles. The van der Waals surface area contributed by atoms with Crippen molar-refractivity contribution in [3.63, 3.8) is 0 Å². The third kappa shape index (κ3) is 34.6. The van der Waals surface area contributed by atoms with Gasteiger partial charge >= 0.3 is 11.9 Å². The van der Waals surface area contributed by atoms with Gasteiger partial charge in [-0.15, -0.1) is 0 Å². The van der Waals surface area contributed by atoms with E-state index in [0.29, 0.717) is 17.4 Å². The zero-order valence-corrected chi connectivity index (χ0v) is 32.6. The standard InChI is InChI=1S/C38H74NO8P/c1-6-8-10-12-14-16-18-19-21-22-24-26-28-30-37(40)44-34-36(35-46-48(42,43)45-33-32-39(3,4)5)47-38(41)31-29-27-25-23-20-17-15-13-11-9-7-2/h16,18,36H,6-15,17,19-35H2,1-5H3/b18-16-/t36-/m1/s1. The number of likely N-dealkylation sites (N-methyl/N-ethyl adjacent to an activating group) is 1. The number of phosphoric ester groups is 1. The highest BCUT2D eigenvalue weighted by Gasteiger charge is 2.21. The number of nitrogens with zero attached hydrogens (tertiary/aromatic N) is 1. The van der Waals surface area contributed by atoms with Crippen LogP contribution in [-0.2, 0) is 32.7 Å². The van der Waals surface area contributed by atoms with Crippen molar-refractivity contribution >= 4 is 19.8 Å². The summed E-state index contributed by atoms with van der Waals surface area (Å²) in [6.45, 7) is 4.18. The number of ether oxygens (including phenoxy) is 2. The molecule has 10 heteroatoms. The van der Waals surface area contributed by atoms with E-state index in [1.807, 2.05) is 21.1 Å². The molecule has 0 fully saturated rings. The average Bonchev–Trinajstić information content (AvgIpc) is 3.02. The number of esters is 2. The van der Waals surface area contributed by atoms with Crippen LogP contribution < -0.4 is 4.89 Å². The Hall–Kier alpha value is -1.25. The SMILES string of the molecule is CCCCCC/C=C\CCCCCCCC(=O)OC[C@H](COP(=O)([O-])OCC[N+](C)(C)C)OC(=O)CCCCCCCCCCCCC. The van der Waals surface area contributed by atoms with Crippen LogP contribution in [0, 0.1) is 0 Å². The summed E-state index contributed by atoms with van der Waals surface area (Å²) >= 11 is 0. The summed E-state index contributed by atoms with van der Waals surface area (Å²) in [7, 11) is 1.17. The smallest absolute Gasteiger partial charge is 0.306 e. The molecule has 0 aliphatic rings. The van der Waals surface area contributed by atoms with Gasteiger partial charge in [-0.25, -0.2) is 0 Å². The maximum absolute atomic E-state index is 12.6. The zero-order valence-electron chi connectivity index (χ0n) is 31.7. The van der Waals surface area contributed by atoms with Crippen LogP contribution in [-0.4, -0.2) is 70.0 Å². The number of carbonyl (C=O) groups excluding carboxylic acids is 2. The molecule has 0 aromatic rings. The van der Waals surface area contributed by atoms with Gasteiger partial charge in [0, 0.05) is 12.8 Å². The van der Waals surface area contributed by atoms with Gasteiger partial charge in [0.25, 0.3) is 7.82 Å². The fourth-order valence-corrected chi connectivity index (χ4v) is 5.91. The van der Waals surface area contributed by atoms with Crippen LogP contribution in [0.5, 0.6) is 0 Å². The molecule has 0 radical (unpaired) electrons. The Labute approximate surface area is 295 Å². The molecule has 0 rings (SSSR count). The van der Waals surface area contributed by atoms with Crippen LogP contribution in [0.1, 0.15) is 168 Å². The van der Waals surface area contributed by atoms with Crippen LogP contribution >= 0.6 is 7.82 Å². The number of rotatable bonds is 35. The van der Waals surface area contributed by atoms with Gasteiger partial charge in [0.2, 0.25) is 0 Å². The number of hydrogen-bond acceptors (Lipinski definition) is 8. The third-order valence-electron chi connectivity index (χ3n) is 8.29. The summed E-state index contributed by atoms with van der Waals surface area (Å²) in [5.74, 6) is -0.842. The second-order valence-electron chi connectivity index (χ2n) is 14.3. The minimum atomic E-state index is -4.61. The molecule has 0 amide bonds. The number of hydrogen-bond donors (Lipinski definition) is 0. The Bertz CT molecular complexity index is 845. The lowest BCUT2D eigenvalue weighted by Gasteiger charge is -2.28. The number of unbranched alkanes of at least 4 members (excludes halogenated alkanes) is 19. The number of allylic oxidation sites excluding steroid dienone is 2. The quantitative estimate of drug-likeness (QED) is 0.0211. The molecule has 0 N–H and O–H groups in total. The second kappa shape index (κ2) is 31.7. The highest BCUT2D eigenvalue weighted by molar-refractivity contribution is 7.45. The Kier molecular flexibility index (Phi) is 30.9. The normalized spacial score (nSPS) is 13.9. The predicted octanol–water partition coefficient (Wildman–Crippen LogP) is 9.61. The Morgan fingerprint density at radius 2 is 1.06 bits per heavy atom. The summed E-state index contributed by atoms with van der Waals surface area (Å²) in [5, 5.41) is 0. The van der Waals surface area contributed by atoms with Crippen molar-refractivity contribution < 1.29 is 42.1 Å². The Morgan fingerprint density at radius 3 is 1.56 bits per heavy atom. The van der Waals surface area contributed by atoms with E-state index < -0.39 is 32.5 Å². The number of phosphoric acid groups is 1. The summed E-state index contributed by atoms with van der Waals surface area (Å²) < 4.78 is 33.7. The van der Waals surface area contributed by atoms with Crippen LogP contribution in [0.3, 0.4) is 0 Å². The van der Waals surface area contributed by atoms with Crippen molar-refractivity contribution in [2.45, 2.75) is 174 Å². The predicted molar refractivity (Wildman–Crippen MR) is 195 cm³/mol. The van der Waals surface area contributed by atoms with E-state index in [9.17, 15) is 19.0 Å². The van der Waals surface area contributed by atoms with E-state index in [4.69, 9.17) is 18.5 Å². The lowest BCUT2D eigenvalue weighted by Crippen LogP contribution is -2.37. The topological polar surface area (TPSA) is 111 Å². The highest BCUT2D eigenvalue weighted by atomic mass is 31.2. The van der Waals surface area contributed by atoms with Gasteiger partial charge in [-0.2, -0.15) is 0 Å². The van der Waals surface area contributed by atoms with Gasteiger partial charge in [-0.1, -0.05) is 129 Å². The van der Waals surface area contributed by atoms with Crippen LogP contribution in [0.15, 0.2) is 12.2 Å². The first-order chi connectivity index (χ1) is 23.0. The summed E-state index contributed by atoms with van der Waals surface area (Å²) in [4.78, 5) is 37.3. The van der Waals surface area contributed by atoms with E-state index in [1.165, 1.54) is 83.5 Å². The Balaban J connectivity index is 4.43. The largest absolute Gasteiger partial charge is 0.756 e. The van der Waals surface area contributed by atoms with Crippen molar-refractivity contribution in [1.82, 2.24) is 0 Å². The van der Waals surface area contributed by atoms with Gasteiger partial charge < -0.3 is 27.9 Å². The molecule has 48 heavy (non-hydrogen) atoms. The summed E-state index contributed by atoms with van der Waals surface area (Å²) in [5.41, 5.74) is 0. The molecule has 0 spiro atoms. The molecule has 1 unspecified atom stereocenters. The summed E-state index contributed by atoms with van der Waals surface area (Å²) in [6, 6.07) is 0. The molecule has 0 aliphatic carbocycles. The molecule has 0 aromatic carbocycles. The molecular formula is C38H74NO8P. The molecule has 0 bridgehead atoms. The first-order valence-electron chi connectivity index (χ1n) is 19.4. The maximum atomic E-state index is 12.6. The van der Waals surface area contributed by atoms with Crippen molar-refractivity contribution in [3.05, 3.63) is 12.2 Å². The van der Waals surface area contributed by atoms with Crippen molar-refractivity contribution in [1.29, 1.82) is 0 Å². The fourth-order valence-electron chi connectivity index (χ4n) is 5.18. The monoisotopic (exact) mass is 704 g/mol. The van der Waals surface area contributed by atoms with Gasteiger partial charge in [0.05, 0.1) is 27.7 Å². The fraction of sp³-hybridized carbons (Fsp3) is 0.895. The van der Waals surface area contributed by atoms with Crippen molar-refractivity contribution in [2.75, 3.05) is 47.5 Å². The van der Waals surface area contributed by atoms with E-state index in [2.05, 4.69) is 26.0 Å². The lowest BCUT2D eigenvalue weighted by atomic mass is 10.1. The van der Waals surface area contributed by atoms with E-state index in [1.54, 1.807) is 0 Å². The average molecular weight is 704 g/mol. The van der Waals surface area contributed by atoms with E-state index in [-0.39, 0.29) is 26.1 Å². The number of quaternary nitrogens is 1. The van der Waals surface area contributed by atoms with Gasteiger partial charge in [0.1, 0.15) is 19.8 Å². The third-order valence-corrected chi connectivity index (χ3v) is 9.25. The van der Waals surface area contributed by atoms with Crippen molar-refractivity contribution in [2.24, 2.45) is 0 Å². The molecule has 9 nitrogen and oxygen atoms in total. The molecule has 0 saturated heterocycles. The van der Waals surface area contributed by atoms with Crippen molar-refractivity contribution in [3.8, 4) is 0 Å². The zero-order chi connectivity index (χ0) is 35.8. The maximum Gasteiger partial charge on any atom is 0.306 e. The second-order valence-corrected chi connectivity index (χ2v) is 15.7. The van der Waals surface area contributed by atoms with Gasteiger partial charge in [0.15, 0.2) is 6.10 Å². The van der Waals surface area contributed by atoms with Crippen LogP contribution in [0.4, 0.5) is 0 Å². The minimum Gasteiger partial charge on any atom is -0.756 e. The van der Waals surface area contributed by atoms with Gasteiger partial charge in [-0.3, -0.25) is 14.2 Å². The minimum absolute atomic E-state index is 0.0294. The van der Waals surface area contributed by atoms with E-state index in [0.717, 1.165) is 51.4 Å². The van der Waals surface area contributed by atoms with Crippen LogP contribution in [0.25, 0.3) is 0 Å². The molecule has 0 heterocycles. The lowest BCUT2D eigenvalue weighted by molar-refractivity contribution is -0.870. The first-order valence-corrected chi connectivity index (χ1v) is 20.9. The first kappa shape index (κ1) is 46.8. The Morgan fingerprint density at radius 1 is 0.625 bits per heavy atom.